The average Bonchev–Trinajstić information content (AvgIpc) is 2.67. The first-order valence-electron chi connectivity index (χ1n) is 9.98. The van der Waals surface area contributed by atoms with Crippen LogP contribution in [0.5, 0.6) is 5.75 Å². The normalized spacial score (nSPS) is 26.6. The number of nitrogens with zero attached hydrogens (tertiary/aromatic N) is 1. The molecule has 4 heteroatoms. The van der Waals surface area contributed by atoms with Crippen molar-refractivity contribution in [2.45, 2.75) is 38.3 Å². The molecule has 0 saturated carbocycles. The van der Waals surface area contributed by atoms with Gasteiger partial charge in [0.25, 0.3) is 0 Å². The molecule has 0 aromatic heterocycles. The van der Waals surface area contributed by atoms with Gasteiger partial charge in [0.05, 0.1) is 12.2 Å². The predicted molar refractivity (Wildman–Crippen MR) is 106 cm³/mol. The number of aliphatic hydroxyl groups is 1. The summed E-state index contributed by atoms with van der Waals surface area (Å²) in [6.07, 6.45) is 2.76. The van der Waals surface area contributed by atoms with Gasteiger partial charge in [-0.3, -0.25) is 4.90 Å². The first kappa shape index (κ1) is 17.8. The van der Waals surface area contributed by atoms with E-state index in [1.165, 1.54) is 16.3 Å². The number of fused-ring (bicyclic) bond motifs is 2. The summed E-state index contributed by atoms with van der Waals surface area (Å²) in [6, 6.07) is 12.8. The topological polar surface area (TPSA) is 44.7 Å². The van der Waals surface area contributed by atoms with Gasteiger partial charge >= 0.3 is 0 Å². The quantitative estimate of drug-likeness (QED) is 0.866. The third kappa shape index (κ3) is 3.46. The summed E-state index contributed by atoms with van der Waals surface area (Å²) in [5, 5.41) is 16.9. The minimum absolute atomic E-state index is 0.319. The Kier molecular flexibility index (Phi) is 5.16. The van der Waals surface area contributed by atoms with Crippen LogP contribution in [0, 0.1) is 5.92 Å². The smallest absolute Gasteiger partial charge is 0.124 e. The molecule has 0 unspecified atom stereocenters. The van der Waals surface area contributed by atoms with Crippen molar-refractivity contribution in [3.8, 4) is 5.75 Å². The molecule has 2 aromatic carbocycles. The number of piperidine rings is 2. The molecule has 0 radical (unpaired) electrons. The molecule has 0 spiro atoms. The van der Waals surface area contributed by atoms with Crippen molar-refractivity contribution in [1.29, 1.82) is 0 Å². The third-order valence-electron chi connectivity index (χ3n) is 6.07. The molecular formula is C22H30N2O2. The van der Waals surface area contributed by atoms with Crippen molar-refractivity contribution in [3.63, 3.8) is 0 Å². The standard InChI is InChI=1S/C22H30N2O2/c1-2-13-26-21-8-7-17-5-3-4-6-19(17)20(21)16-24-12-10-22(25)9-11-23-14-18(22)15-24/h3-8,18,23,25H,2,9-16H2,1H3/t18-,22-/m0/s1. The zero-order valence-electron chi connectivity index (χ0n) is 15.7. The summed E-state index contributed by atoms with van der Waals surface area (Å²) < 4.78 is 6.07. The van der Waals surface area contributed by atoms with Crippen LogP contribution < -0.4 is 10.1 Å². The third-order valence-corrected chi connectivity index (χ3v) is 6.07. The Labute approximate surface area is 156 Å². The molecule has 2 aromatic rings. The lowest BCUT2D eigenvalue weighted by molar-refractivity contribution is -0.0899. The summed E-state index contributed by atoms with van der Waals surface area (Å²) in [5.41, 5.74) is 0.813. The lowest BCUT2D eigenvalue weighted by Gasteiger charge is -2.47. The maximum atomic E-state index is 10.9. The van der Waals surface area contributed by atoms with Crippen LogP contribution in [0.1, 0.15) is 31.7 Å². The maximum Gasteiger partial charge on any atom is 0.124 e. The summed E-state index contributed by atoms with van der Waals surface area (Å²) in [6.45, 7) is 7.52. The molecular weight excluding hydrogens is 324 g/mol. The monoisotopic (exact) mass is 354 g/mol. The molecule has 2 saturated heterocycles. The maximum absolute atomic E-state index is 10.9. The van der Waals surface area contributed by atoms with Crippen molar-refractivity contribution in [1.82, 2.24) is 10.2 Å². The molecule has 4 nitrogen and oxygen atoms in total. The van der Waals surface area contributed by atoms with Gasteiger partial charge in [-0.25, -0.2) is 0 Å². The van der Waals surface area contributed by atoms with Crippen molar-refractivity contribution < 1.29 is 9.84 Å². The van der Waals surface area contributed by atoms with Crippen molar-refractivity contribution in [2.75, 3.05) is 32.8 Å². The van der Waals surface area contributed by atoms with Gasteiger partial charge in [-0.05, 0) is 42.6 Å². The van der Waals surface area contributed by atoms with Gasteiger partial charge in [-0.1, -0.05) is 37.3 Å². The van der Waals surface area contributed by atoms with Crippen molar-refractivity contribution in [3.05, 3.63) is 42.0 Å². The van der Waals surface area contributed by atoms with E-state index in [-0.39, 0.29) is 0 Å². The average molecular weight is 354 g/mol. The minimum Gasteiger partial charge on any atom is -0.493 e. The molecule has 0 aliphatic carbocycles. The molecule has 26 heavy (non-hydrogen) atoms. The molecule has 4 rings (SSSR count). The second kappa shape index (κ2) is 7.55. The fourth-order valence-corrected chi connectivity index (χ4v) is 4.49. The van der Waals surface area contributed by atoms with E-state index in [1.54, 1.807) is 0 Å². The number of nitrogens with one attached hydrogen (secondary N) is 1. The molecule has 2 N–H and O–H groups in total. The molecule has 2 heterocycles. The summed E-state index contributed by atoms with van der Waals surface area (Å²) >= 11 is 0. The molecule has 2 aliphatic heterocycles. The fraction of sp³-hybridized carbons (Fsp3) is 0.545. The Bertz CT molecular complexity index is 763. The Morgan fingerprint density at radius 2 is 2.12 bits per heavy atom. The largest absolute Gasteiger partial charge is 0.493 e. The van der Waals surface area contributed by atoms with Crippen LogP contribution in [0.3, 0.4) is 0 Å². The predicted octanol–water partition coefficient (Wildman–Crippen LogP) is 3.17. The van der Waals surface area contributed by atoms with E-state index in [4.69, 9.17) is 4.74 Å². The van der Waals surface area contributed by atoms with E-state index in [0.29, 0.717) is 5.92 Å². The Hall–Kier alpha value is -1.62. The second-order valence-corrected chi connectivity index (χ2v) is 7.85. The number of benzene rings is 2. The summed E-state index contributed by atoms with van der Waals surface area (Å²) in [4.78, 5) is 2.49. The highest BCUT2D eigenvalue weighted by atomic mass is 16.5. The van der Waals surface area contributed by atoms with Crippen LogP contribution in [0.4, 0.5) is 0 Å². The fourth-order valence-electron chi connectivity index (χ4n) is 4.49. The number of likely N-dealkylation sites (tertiary alicyclic amines) is 1. The van der Waals surface area contributed by atoms with Crippen LogP contribution in [0.25, 0.3) is 10.8 Å². The molecule has 2 aliphatic rings. The highest BCUT2D eigenvalue weighted by Gasteiger charge is 2.42. The SMILES string of the molecule is CCCOc1ccc2ccccc2c1CN1CC[C@@]2(O)CCNC[C@H]2C1. The van der Waals surface area contributed by atoms with Crippen molar-refractivity contribution in [2.24, 2.45) is 5.92 Å². The van der Waals surface area contributed by atoms with Crippen LogP contribution in [-0.2, 0) is 6.54 Å². The van der Waals surface area contributed by atoms with Crippen LogP contribution in [0.15, 0.2) is 36.4 Å². The van der Waals surface area contributed by atoms with E-state index in [9.17, 15) is 5.11 Å². The minimum atomic E-state index is -0.470. The number of hydrogen-bond acceptors (Lipinski definition) is 4. The van der Waals surface area contributed by atoms with Crippen molar-refractivity contribution >= 4 is 10.8 Å². The highest BCUT2D eigenvalue weighted by Crippen LogP contribution is 2.35. The number of hydrogen-bond donors (Lipinski definition) is 2. The van der Waals surface area contributed by atoms with Gasteiger partial charge in [-0.2, -0.15) is 0 Å². The highest BCUT2D eigenvalue weighted by molar-refractivity contribution is 5.87. The van der Waals surface area contributed by atoms with Gasteiger partial charge < -0.3 is 15.2 Å². The first-order valence-corrected chi connectivity index (χ1v) is 9.98. The number of rotatable bonds is 5. The lowest BCUT2D eigenvalue weighted by atomic mass is 9.76. The van der Waals surface area contributed by atoms with Crippen LogP contribution >= 0.6 is 0 Å². The molecule has 140 valence electrons. The van der Waals surface area contributed by atoms with Gasteiger partial charge in [0.2, 0.25) is 0 Å². The molecule has 2 fully saturated rings. The van der Waals surface area contributed by atoms with E-state index in [1.807, 2.05) is 0 Å². The Morgan fingerprint density at radius 1 is 1.23 bits per heavy atom. The zero-order valence-corrected chi connectivity index (χ0v) is 15.7. The first-order chi connectivity index (χ1) is 12.7. The molecule has 0 bridgehead atoms. The Morgan fingerprint density at radius 3 is 3.00 bits per heavy atom. The van der Waals surface area contributed by atoms with Gasteiger partial charge in [0.15, 0.2) is 0 Å². The molecule has 2 atom stereocenters. The van der Waals surface area contributed by atoms with E-state index < -0.39 is 5.60 Å². The van der Waals surface area contributed by atoms with E-state index in [0.717, 1.165) is 64.3 Å². The lowest BCUT2D eigenvalue weighted by Crippen LogP contribution is -2.58. The van der Waals surface area contributed by atoms with Gasteiger partial charge in [0.1, 0.15) is 5.75 Å². The van der Waals surface area contributed by atoms with Crippen LogP contribution in [-0.4, -0.2) is 48.4 Å². The van der Waals surface area contributed by atoms with Gasteiger partial charge in [0, 0.05) is 37.7 Å². The summed E-state index contributed by atoms with van der Waals surface area (Å²) in [7, 11) is 0. The number of ether oxygens (including phenoxy) is 1. The molecule has 0 amide bonds. The summed E-state index contributed by atoms with van der Waals surface area (Å²) in [5.74, 6) is 1.33. The second-order valence-electron chi connectivity index (χ2n) is 7.85. The van der Waals surface area contributed by atoms with Crippen LogP contribution in [0.2, 0.25) is 0 Å². The van der Waals surface area contributed by atoms with E-state index >= 15 is 0 Å². The van der Waals surface area contributed by atoms with E-state index in [2.05, 4.69) is 53.5 Å². The zero-order chi connectivity index (χ0) is 18.0. The van der Waals surface area contributed by atoms with Gasteiger partial charge in [-0.15, -0.1) is 0 Å². The Balaban J connectivity index is 1.59.